The molecule has 0 unspecified atom stereocenters. The SMILES string of the molecule is COc1ccc(-c2ccc(/C=N/Nc3nc4nonc4nc3Nc3ccc(F)cc3)o2)c([N+](=O)[O-])c1. The molecule has 0 bridgehead atoms. The molecule has 0 aliphatic carbocycles. The average molecular weight is 490 g/mol. The number of methoxy groups -OCH3 is 1. The highest BCUT2D eigenvalue weighted by Gasteiger charge is 2.19. The first-order chi connectivity index (χ1) is 17.5. The number of hydrogen-bond donors (Lipinski definition) is 2. The van der Waals surface area contributed by atoms with Crippen molar-refractivity contribution in [1.82, 2.24) is 20.3 Å². The molecule has 5 aromatic rings. The van der Waals surface area contributed by atoms with Crippen molar-refractivity contribution in [3.05, 3.63) is 76.3 Å². The third kappa shape index (κ3) is 4.63. The largest absolute Gasteiger partial charge is 0.497 e. The molecule has 0 fully saturated rings. The Bertz CT molecular complexity index is 1580. The van der Waals surface area contributed by atoms with Crippen LogP contribution in [0.2, 0.25) is 0 Å². The molecule has 3 heterocycles. The van der Waals surface area contributed by atoms with Crippen LogP contribution in [-0.4, -0.2) is 38.5 Å². The van der Waals surface area contributed by atoms with Crippen molar-refractivity contribution in [2.75, 3.05) is 17.9 Å². The van der Waals surface area contributed by atoms with Crippen LogP contribution in [0.15, 0.2) is 68.7 Å². The highest BCUT2D eigenvalue weighted by atomic mass is 19.1. The molecule has 0 spiro atoms. The average Bonchev–Trinajstić information content (AvgIpc) is 3.54. The Labute approximate surface area is 200 Å². The summed E-state index contributed by atoms with van der Waals surface area (Å²) in [4.78, 5) is 19.5. The Morgan fingerprint density at radius 3 is 2.53 bits per heavy atom. The van der Waals surface area contributed by atoms with Gasteiger partial charge in [0, 0.05) is 5.69 Å². The van der Waals surface area contributed by atoms with Crippen LogP contribution in [0.25, 0.3) is 22.6 Å². The molecule has 3 aromatic heterocycles. The van der Waals surface area contributed by atoms with Crippen LogP contribution in [0.3, 0.4) is 0 Å². The van der Waals surface area contributed by atoms with E-state index in [9.17, 15) is 14.5 Å². The highest BCUT2D eigenvalue weighted by Crippen LogP contribution is 2.34. The fourth-order valence-electron chi connectivity index (χ4n) is 3.19. The maximum atomic E-state index is 13.2. The van der Waals surface area contributed by atoms with Crippen molar-refractivity contribution in [1.29, 1.82) is 0 Å². The van der Waals surface area contributed by atoms with Gasteiger partial charge in [-0.15, -0.1) is 0 Å². The Morgan fingerprint density at radius 2 is 1.81 bits per heavy atom. The van der Waals surface area contributed by atoms with Gasteiger partial charge in [0.05, 0.1) is 29.9 Å². The Kier molecular flexibility index (Phi) is 5.88. The molecule has 0 aliphatic heterocycles. The van der Waals surface area contributed by atoms with Crippen molar-refractivity contribution < 1.29 is 23.1 Å². The first-order valence-electron chi connectivity index (χ1n) is 10.2. The third-order valence-electron chi connectivity index (χ3n) is 4.88. The number of nitrogens with one attached hydrogen (secondary N) is 2. The maximum Gasteiger partial charge on any atom is 0.284 e. The summed E-state index contributed by atoms with van der Waals surface area (Å²) in [5.74, 6) is 0.969. The first kappa shape index (κ1) is 22.4. The molecule has 36 heavy (non-hydrogen) atoms. The summed E-state index contributed by atoms with van der Waals surface area (Å²) in [7, 11) is 1.43. The molecule has 14 heteroatoms. The maximum absolute atomic E-state index is 13.2. The van der Waals surface area contributed by atoms with Crippen LogP contribution in [0.5, 0.6) is 5.75 Å². The van der Waals surface area contributed by atoms with Gasteiger partial charge in [-0.1, -0.05) is 0 Å². The monoisotopic (exact) mass is 490 g/mol. The summed E-state index contributed by atoms with van der Waals surface area (Å²) in [6, 6.07) is 13.3. The van der Waals surface area contributed by atoms with E-state index in [1.165, 1.54) is 43.7 Å². The van der Waals surface area contributed by atoms with Crippen molar-refractivity contribution >= 4 is 40.5 Å². The molecule has 0 saturated heterocycles. The lowest BCUT2D eigenvalue weighted by Gasteiger charge is -2.09. The van der Waals surface area contributed by atoms with Crippen LogP contribution < -0.4 is 15.5 Å². The summed E-state index contributed by atoms with van der Waals surface area (Å²) in [6.45, 7) is 0. The van der Waals surface area contributed by atoms with Gasteiger partial charge in [0.1, 0.15) is 23.1 Å². The van der Waals surface area contributed by atoms with E-state index in [-0.39, 0.29) is 45.8 Å². The lowest BCUT2D eigenvalue weighted by molar-refractivity contribution is -0.384. The number of rotatable bonds is 8. The van der Waals surface area contributed by atoms with Gasteiger partial charge in [0.25, 0.3) is 5.69 Å². The number of nitro groups is 1. The van der Waals surface area contributed by atoms with E-state index < -0.39 is 4.92 Å². The first-order valence-corrected chi connectivity index (χ1v) is 10.2. The molecular formula is C22H15FN8O5. The molecule has 2 aromatic carbocycles. The fourth-order valence-corrected chi connectivity index (χ4v) is 3.19. The lowest BCUT2D eigenvalue weighted by Crippen LogP contribution is -2.03. The number of benzene rings is 2. The normalized spacial score (nSPS) is 11.2. The van der Waals surface area contributed by atoms with E-state index in [0.717, 1.165) is 0 Å². The zero-order valence-electron chi connectivity index (χ0n) is 18.4. The van der Waals surface area contributed by atoms with E-state index in [1.54, 1.807) is 24.3 Å². The summed E-state index contributed by atoms with van der Waals surface area (Å²) in [5.41, 5.74) is 3.71. The second-order valence-electron chi connectivity index (χ2n) is 7.18. The van der Waals surface area contributed by atoms with Crippen molar-refractivity contribution in [2.24, 2.45) is 5.10 Å². The number of halogens is 1. The van der Waals surface area contributed by atoms with Crippen molar-refractivity contribution in [3.8, 4) is 17.1 Å². The molecule has 2 N–H and O–H groups in total. The number of nitrogens with zero attached hydrogens (tertiary/aromatic N) is 6. The molecular weight excluding hydrogens is 475 g/mol. The molecule has 180 valence electrons. The van der Waals surface area contributed by atoms with E-state index in [2.05, 4.69) is 40.8 Å². The minimum Gasteiger partial charge on any atom is -0.497 e. The van der Waals surface area contributed by atoms with Gasteiger partial charge in [-0.3, -0.25) is 15.5 Å². The summed E-state index contributed by atoms with van der Waals surface area (Å²) >= 11 is 0. The Morgan fingerprint density at radius 1 is 1.06 bits per heavy atom. The smallest absolute Gasteiger partial charge is 0.284 e. The van der Waals surface area contributed by atoms with Crippen LogP contribution >= 0.6 is 0 Å². The second kappa shape index (κ2) is 9.46. The van der Waals surface area contributed by atoms with E-state index in [4.69, 9.17) is 9.15 Å². The van der Waals surface area contributed by atoms with E-state index in [1.807, 2.05) is 0 Å². The number of ether oxygens (including phenoxy) is 1. The predicted octanol–water partition coefficient (Wildman–Crippen LogP) is 4.52. The Balaban J connectivity index is 1.38. The van der Waals surface area contributed by atoms with Gasteiger partial charge in [-0.05, 0) is 58.8 Å². The van der Waals surface area contributed by atoms with Crippen LogP contribution in [0, 0.1) is 15.9 Å². The third-order valence-corrected chi connectivity index (χ3v) is 4.88. The van der Waals surface area contributed by atoms with Crippen LogP contribution in [0.4, 0.5) is 27.4 Å². The van der Waals surface area contributed by atoms with Crippen LogP contribution in [-0.2, 0) is 0 Å². The minimum atomic E-state index is -0.515. The van der Waals surface area contributed by atoms with Gasteiger partial charge in [-0.25, -0.2) is 14.0 Å². The standard InChI is InChI=1S/C22H15FN8O5/c1-34-14-6-8-16(17(10-14)31(32)33)18-9-7-15(35-18)11-24-28-20-19(25-13-4-2-12(23)3-5-13)26-21-22(27-20)30-36-29-21/h2-11H,1H3,(H,25,26,29)(H,27,28,30)/b24-11+. The Hall–Kier alpha value is -5.40. The molecule has 0 atom stereocenters. The lowest BCUT2D eigenvalue weighted by atomic mass is 10.1. The summed E-state index contributed by atoms with van der Waals surface area (Å²) in [5, 5.41) is 25.9. The van der Waals surface area contributed by atoms with Gasteiger partial charge < -0.3 is 14.5 Å². The number of anilines is 3. The number of furan rings is 1. The molecule has 5 rings (SSSR count). The number of hydrogen-bond acceptors (Lipinski definition) is 12. The van der Waals surface area contributed by atoms with Gasteiger partial charge >= 0.3 is 0 Å². The number of nitro benzene ring substituents is 1. The van der Waals surface area contributed by atoms with E-state index >= 15 is 0 Å². The van der Waals surface area contributed by atoms with Crippen molar-refractivity contribution in [3.63, 3.8) is 0 Å². The fraction of sp³-hybridized carbons (Fsp3) is 0.0455. The van der Waals surface area contributed by atoms with E-state index in [0.29, 0.717) is 17.2 Å². The van der Waals surface area contributed by atoms with Crippen LogP contribution in [0.1, 0.15) is 5.76 Å². The minimum absolute atomic E-state index is 0.143. The van der Waals surface area contributed by atoms with Gasteiger partial charge in [0.15, 0.2) is 11.6 Å². The van der Waals surface area contributed by atoms with Crippen molar-refractivity contribution in [2.45, 2.75) is 0 Å². The topological polar surface area (TPSA) is 167 Å². The zero-order chi connectivity index (χ0) is 25.1. The molecule has 0 aliphatic rings. The summed E-state index contributed by atoms with van der Waals surface area (Å²) in [6.07, 6.45) is 1.35. The quantitative estimate of drug-likeness (QED) is 0.178. The zero-order valence-corrected chi connectivity index (χ0v) is 18.4. The molecule has 0 radical (unpaired) electrons. The number of fused-ring (bicyclic) bond motifs is 1. The number of hydrazone groups is 1. The molecule has 13 nitrogen and oxygen atoms in total. The number of aromatic nitrogens is 4. The van der Waals surface area contributed by atoms with Gasteiger partial charge in [-0.2, -0.15) is 10.1 Å². The van der Waals surface area contributed by atoms with Gasteiger partial charge in [0.2, 0.25) is 11.3 Å². The molecule has 0 saturated carbocycles. The summed E-state index contributed by atoms with van der Waals surface area (Å²) < 4.78 is 28.7. The second-order valence-corrected chi connectivity index (χ2v) is 7.18. The molecule has 0 amide bonds. The predicted molar refractivity (Wildman–Crippen MR) is 126 cm³/mol. The highest BCUT2D eigenvalue weighted by molar-refractivity contribution is 5.81.